The molecule has 1 fully saturated rings. The van der Waals surface area contributed by atoms with Gasteiger partial charge in [0.15, 0.2) is 10.2 Å². The normalized spacial score (nSPS) is 16.4. The molecule has 0 unspecified atom stereocenters. The average molecular weight is 420 g/mol. The first kappa shape index (κ1) is 18.2. The Balaban J connectivity index is 1.53. The maximum Gasteiger partial charge on any atom is 0.293 e. The topological polar surface area (TPSA) is 79.2 Å². The fraction of sp³-hybridized carbons (Fsp3) is 0.167. The number of imide groups is 1. The number of fused-ring (bicyclic) bond motifs is 1. The quantitative estimate of drug-likeness (QED) is 0.570. The summed E-state index contributed by atoms with van der Waals surface area (Å²) >= 11 is 8.24. The molecule has 1 aliphatic heterocycles. The van der Waals surface area contributed by atoms with Crippen LogP contribution in [0.3, 0.4) is 0 Å². The van der Waals surface area contributed by atoms with E-state index in [9.17, 15) is 9.59 Å². The Morgan fingerprint density at radius 2 is 2.11 bits per heavy atom. The van der Waals surface area contributed by atoms with Crippen LogP contribution in [0.2, 0.25) is 5.02 Å². The van der Waals surface area contributed by atoms with E-state index in [0.29, 0.717) is 25.9 Å². The van der Waals surface area contributed by atoms with Gasteiger partial charge in [-0.1, -0.05) is 11.6 Å². The van der Waals surface area contributed by atoms with Crippen molar-refractivity contribution in [1.82, 2.24) is 14.9 Å². The number of H-pyrrole nitrogens is 1. The lowest BCUT2D eigenvalue weighted by molar-refractivity contribution is -0.123. The Morgan fingerprint density at radius 1 is 1.30 bits per heavy atom. The van der Waals surface area contributed by atoms with Crippen molar-refractivity contribution < 1.29 is 14.0 Å². The van der Waals surface area contributed by atoms with E-state index in [-0.39, 0.29) is 17.2 Å². The first-order valence-corrected chi connectivity index (χ1v) is 10.1. The zero-order valence-corrected chi connectivity index (χ0v) is 16.7. The van der Waals surface area contributed by atoms with Crippen molar-refractivity contribution in [1.29, 1.82) is 0 Å². The number of nitrogens with one attached hydrogen (secondary N) is 1. The number of imidazole rings is 1. The Bertz CT molecular complexity index is 1090. The zero-order chi connectivity index (χ0) is 19.1. The van der Waals surface area contributed by atoms with Crippen LogP contribution in [0.1, 0.15) is 19.6 Å². The molecule has 1 aliphatic rings. The molecular formula is C18H14ClN3O3S2. The van der Waals surface area contributed by atoms with E-state index in [1.165, 1.54) is 16.7 Å². The van der Waals surface area contributed by atoms with Gasteiger partial charge < -0.3 is 9.40 Å². The molecule has 27 heavy (non-hydrogen) atoms. The number of amides is 2. The summed E-state index contributed by atoms with van der Waals surface area (Å²) in [5.74, 6) is 0.214. The van der Waals surface area contributed by atoms with Gasteiger partial charge in [-0.15, -0.1) is 0 Å². The highest BCUT2D eigenvalue weighted by Gasteiger charge is 2.36. The summed E-state index contributed by atoms with van der Waals surface area (Å²) in [4.78, 5) is 33.5. The number of aromatic amines is 1. The number of carbonyl (C=O) groups excluding carboxylic acids is 2. The average Bonchev–Trinajstić information content (AvgIpc) is 3.26. The predicted octanol–water partition coefficient (Wildman–Crippen LogP) is 5.41. The summed E-state index contributed by atoms with van der Waals surface area (Å²) in [6, 6.07) is 8.82. The van der Waals surface area contributed by atoms with Crippen molar-refractivity contribution in [3.05, 3.63) is 46.0 Å². The van der Waals surface area contributed by atoms with Gasteiger partial charge in [-0.3, -0.25) is 14.5 Å². The van der Waals surface area contributed by atoms with Crippen LogP contribution in [0, 0.1) is 0 Å². The molecule has 2 amide bonds. The van der Waals surface area contributed by atoms with Crippen molar-refractivity contribution >= 4 is 63.4 Å². The number of carbonyl (C=O) groups is 2. The fourth-order valence-electron chi connectivity index (χ4n) is 2.62. The van der Waals surface area contributed by atoms with Gasteiger partial charge in [0.05, 0.1) is 15.9 Å². The van der Waals surface area contributed by atoms with Gasteiger partial charge in [0, 0.05) is 17.1 Å². The first-order valence-electron chi connectivity index (χ1n) is 8.11. The molecular weight excluding hydrogens is 406 g/mol. The predicted molar refractivity (Wildman–Crippen MR) is 107 cm³/mol. The molecule has 3 aromatic rings. The van der Waals surface area contributed by atoms with Crippen LogP contribution in [0.4, 0.5) is 4.79 Å². The summed E-state index contributed by atoms with van der Waals surface area (Å²) in [7, 11) is 0. The number of hydrogen-bond acceptors (Lipinski definition) is 6. The molecule has 0 atom stereocenters. The van der Waals surface area contributed by atoms with E-state index >= 15 is 0 Å². The van der Waals surface area contributed by atoms with Crippen LogP contribution in [0.25, 0.3) is 17.1 Å². The third-order valence-electron chi connectivity index (χ3n) is 3.83. The molecule has 0 saturated carbocycles. The summed E-state index contributed by atoms with van der Waals surface area (Å²) in [6.07, 6.45) is 1.59. The number of rotatable bonds is 4. The first-order chi connectivity index (χ1) is 12.9. The molecule has 1 N–H and O–H groups in total. The maximum absolute atomic E-state index is 12.3. The number of halogens is 1. The van der Waals surface area contributed by atoms with E-state index in [1.807, 2.05) is 12.1 Å². The van der Waals surface area contributed by atoms with Crippen LogP contribution < -0.4 is 0 Å². The summed E-state index contributed by atoms with van der Waals surface area (Å²) in [5.41, 5.74) is 1.66. The molecule has 0 bridgehead atoms. The van der Waals surface area contributed by atoms with Gasteiger partial charge in [-0.2, -0.15) is 0 Å². The highest BCUT2D eigenvalue weighted by Crippen LogP contribution is 2.35. The second-order valence-corrected chi connectivity index (χ2v) is 8.53. The Labute approximate surface area is 168 Å². The second-order valence-electron chi connectivity index (χ2n) is 6.11. The van der Waals surface area contributed by atoms with Gasteiger partial charge in [0.2, 0.25) is 0 Å². The molecule has 0 radical (unpaired) electrons. The largest absolute Gasteiger partial charge is 0.450 e. The molecule has 6 nitrogen and oxygen atoms in total. The van der Waals surface area contributed by atoms with Gasteiger partial charge >= 0.3 is 0 Å². The minimum Gasteiger partial charge on any atom is -0.450 e. The van der Waals surface area contributed by atoms with Crippen molar-refractivity contribution in [3.63, 3.8) is 0 Å². The Kier molecular flexibility index (Phi) is 4.79. The van der Waals surface area contributed by atoms with E-state index in [2.05, 4.69) is 9.97 Å². The monoisotopic (exact) mass is 419 g/mol. The molecule has 0 aliphatic carbocycles. The van der Waals surface area contributed by atoms with Crippen molar-refractivity contribution in [2.24, 2.45) is 0 Å². The van der Waals surface area contributed by atoms with E-state index in [1.54, 1.807) is 38.1 Å². The standard InChI is InChI=1S/C18H14ClN3O3S2/c1-9(2)22-16(23)14(26-18(22)24)8-11-4-6-15(25-11)27-17-20-12-5-3-10(19)7-13(12)21-17/h3-9H,1-2H3,(H,20,21)/b14-8-. The van der Waals surface area contributed by atoms with Crippen molar-refractivity contribution in [3.8, 4) is 0 Å². The number of benzene rings is 1. The summed E-state index contributed by atoms with van der Waals surface area (Å²) in [6.45, 7) is 3.61. The van der Waals surface area contributed by atoms with E-state index in [4.69, 9.17) is 16.0 Å². The Morgan fingerprint density at radius 3 is 2.85 bits per heavy atom. The summed E-state index contributed by atoms with van der Waals surface area (Å²) in [5, 5.41) is 1.67. The lowest BCUT2D eigenvalue weighted by Crippen LogP contribution is -2.34. The minimum atomic E-state index is -0.292. The van der Waals surface area contributed by atoms with E-state index < -0.39 is 0 Å². The van der Waals surface area contributed by atoms with Crippen LogP contribution in [0.15, 0.2) is 49.9 Å². The lowest BCUT2D eigenvalue weighted by atomic mass is 10.3. The number of thioether (sulfide) groups is 1. The molecule has 3 heterocycles. The van der Waals surface area contributed by atoms with E-state index in [0.717, 1.165) is 22.8 Å². The van der Waals surface area contributed by atoms with Crippen molar-refractivity contribution in [2.45, 2.75) is 30.1 Å². The molecule has 2 aromatic heterocycles. The van der Waals surface area contributed by atoms with Crippen LogP contribution in [0.5, 0.6) is 0 Å². The molecule has 4 rings (SSSR count). The zero-order valence-electron chi connectivity index (χ0n) is 14.4. The highest BCUT2D eigenvalue weighted by molar-refractivity contribution is 8.18. The lowest BCUT2D eigenvalue weighted by Gasteiger charge is -2.16. The number of furan rings is 1. The third kappa shape index (κ3) is 3.65. The smallest absolute Gasteiger partial charge is 0.293 e. The fourth-order valence-corrected chi connectivity index (χ4v) is 4.51. The minimum absolute atomic E-state index is 0.173. The molecule has 138 valence electrons. The highest BCUT2D eigenvalue weighted by atomic mass is 35.5. The van der Waals surface area contributed by atoms with Gasteiger partial charge in [0.25, 0.3) is 11.1 Å². The van der Waals surface area contributed by atoms with Crippen LogP contribution in [-0.4, -0.2) is 32.1 Å². The van der Waals surface area contributed by atoms with Crippen molar-refractivity contribution in [2.75, 3.05) is 0 Å². The van der Waals surface area contributed by atoms with Gasteiger partial charge in [0.1, 0.15) is 5.76 Å². The molecule has 0 spiro atoms. The maximum atomic E-state index is 12.3. The number of nitrogens with zero attached hydrogens (tertiary/aromatic N) is 2. The Hall–Kier alpha value is -2.16. The molecule has 9 heteroatoms. The number of aromatic nitrogens is 2. The molecule has 1 saturated heterocycles. The SMILES string of the molecule is CC(C)N1C(=O)S/C(=C\c2ccc(Sc3nc4ccc(Cl)cc4[nH]3)o2)C1=O. The number of hydrogen-bond donors (Lipinski definition) is 1. The van der Waals surface area contributed by atoms with Crippen LogP contribution in [-0.2, 0) is 4.79 Å². The third-order valence-corrected chi connectivity index (χ3v) is 5.76. The second kappa shape index (κ2) is 7.10. The summed E-state index contributed by atoms with van der Waals surface area (Å²) < 4.78 is 5.75. The van der Waals surface area contributed by atoms with Gasteiger partial charge in [-0.05, 0) is 67.7 Å². The molecule has 1 aromatic carbocycles. The van der Waals surface area contributed by atoms with Crippen LogP contribution >= 0.6 is 35.1 Å². The van der Waals surface area contributed by atoms with Gasteiger partial charge in [-0.25, -0.2) is 4.98 Å².